The molecule has 0 aromatic heterocycles. The summed E-state index contributed by atoms with van der Waals surface area (Å²) in [4.78, 5) is 0. The van der Waals surface area contributed by atoms with Crippen molar-refractivity contribution in [3.8, 4) is 0 Å². The fraction of sp³-hybridized carbons (Fsp3) is 1.00. The van der Waals surface area contributed by atoms with Gasteiger partial charge in [-0.05, 0) is 0 Å². The van der Waals surface area contributed by atoms with Crippen molar-refractivity contribution in [1.29, 1.82) is 0 Å². The highest BCUT2D eigenvalue weighted by atomic mass is 32.3. The van der Waals surface area contributed by atoms with Crippen LogP contribution in [0.15, 0.2) is 0 Å². The van der Waals surface area contributed by atoms with Gasteiger partial charge < -0.3 is 0 Å². The smallest absolute Gasteiger partial charge is 0.227 e. The standard InChI is InChI=1S/C23H50O6S3Si/c1-7-8-9-10-11-12-13-14-15-16-17-18-19-20-21-22-33(5,6)23(30(2,24)25,31(3,26)27)32(4,28)29/h7-22H2,1-6H3. The molecule has 0 aliphatic carbocycles. The molecule has 10 heteroatoms. The Bertz CT molecular complexity index is 783. The van der Waals surface area contributed by atoms with Gasteiger partial charge in [-0.2, -0.15) is 0 Å². The maximum Gasteiger partial charge on any atom is 0.256 e. The first kappa shape index (κ1) is 33.1. The van der Waals surface area contributed by atoms with Crippen molar-refractivity contribution in [3.63, 3.8) is 0 Å². The number of hydrogen-bond donors (Lipinski definition) is 0. The minimum atomic E-state index is -4.38. The lowest BCUT2D eigenvalue weighted by molar-refractivity contribution is 0.534. The van der Waals surface area contributed by atoms with E-state index in [1.54, 1.807) is 13.1 Å². The Labute approximate surface area is 206 Å². The van der Waals surface area contributed by atoms with Crippen LogP contribution in [0, 0.1) is 0 Å². The summed E-state index contributed by atoms with van der Waals surface area (Å²) in [6, 6.07) is 0.346. The molecule has 0 rings (SSSR count). The normalized spacial score (nSPS) is 14.0. The van der Waals surface area contributed by atoms with Crippen molar-refractivity contribution in [2.45, 2.75) is 125 Å². The molecular formula is C23H50O6S3Si. The number of unbranched alkanes of at least 4 members (excludes halogenated alkanes) is 14. The van der Waals surface area contributed by atoms with Crippen LogP contribution in [-0.2, 0) is 29.5 Å². The van der Waals surface area contributed by atoms with Gasteiger partial charge in [-0.15, -0.1) is 0 Å². The van der Waals surface area contributed by atoms with Crippen LogP contribution in [-0.4, -0.2) is 55.1 Å². The molecular weight excluding hydrogens is 497 g/mol. The highest BCUT2D eigenvalue weighted by Crippen LogP contribution is 2.42. The zero-order valence-electron chi connectivity index (χ0n) is 22.0. The molecule has 0 aromatic carbocycles. The third-order valence-electron chi connectivity index (χ3n) is 6.70. The van der Waals surface area contributed by atoms with Crippen LogP contribution in [0.5, 0.6) is 0 Å². The third-order valence-corrected chi connectivity index (χ3v) is 26.6. The number of sulfone groups is 3. The van der Waals surface area contributed by atoms with Crippen LogP contribution >= 0.6 is 0 Å². The predicted molar refractivity (Wildman–Crippen MR) is 144 cm³/mol. The van der Waals surface area contributed by atoms with Gasteiger partial charge >= 0.3 is 0 Å². The van der Waals surface area contributed by atoms with Crippen molar-refractivity contribution in [3.05, 3.63) is 0 Å². The van der Waals surface area contributed by atoms with E-state index in [2.05, 4.69) is 6.92 Å². The molecule has 0 atom stereocenters. The maximum absolute atomic E-state index is 12.6. The SMILES string of the molecule is CCCCCCCCCCCCCCCCC[Si](C)(C)C(S(C)(=O)=O)(S(C)(=O)=O)S(C)(=O)=O. The average molecular weight is 547 g/mol. The van der Waals surface area contributed by atoms with Crippen molar-refractivity contribution < 1.29 is 25.3 Å². The second-order valence-electron chi connectivity index (χ2n) is 10.5. The quantitative estimate of drug-likeness (QED) is 0.139. The molecule has 0 unspecified atom stereocenters. The largest absolute Gasteiger partial charge is 0.256 e. The summed E-state index contributed by atoms with van der Waals surface area (Å²) in [5.41, 5.74) is 0. The Morgan fingerprint density at radius 2 is 0.727 bits per heavy atom. The van der Waals surface area contributed by atoms with Gasteiger partial charge in [0.15, 0.2) is 29.5 Å². The van der Waals surface area contributed by atoms with Gasteiger partial charge in [0.2, 0.25) is 0 Å². The molecule has 0 bridgehead atoms. The highest BCUT2D eigenvalue weighted by Gasteiger charge is 2.68. The van der Waals surface area contributed by atoms with Crippen molar-refractivity contribution in [1.82, 2.24) is 0 Å². The van der Waals surface area contributed by atoms with E-state index in [-0.39, 0.29) is 0 Å². The van der Waals surface area contributed by atoms with E-state index in [4.69, 9.17) is 0 Å². The van der Waals surface area contributed by atoms with E-state index in [1.165, 1.54) is 70.6 Å². The van der Waals surface area contributed by atoms with Crippen molar-refractivity contribution in [2.24, 2.45) is 0 Å². The molecule has 6 nitrogen and oxygen atoms in total. The first-order valence-electron chi connectivity index (χ1n) is 12.6. The summed E-state index contributed by atoms with van der Waals surface area (Å²) in [6.07, 6.45) is 20.3. The molecule has 0 aromatic rings. The Hall–Kier alpha value is 0.0669. The first-order valence-corrected chi connectivity index (χ1v) is 21.5. The van der Waals surface area contributed by atoms with E-state index >= 15 is 0 Å². The summed E-state index contributed by atoms with van der Waals surface area (Å²) in [6.45, 7) is 5.41. The van der Waals surface area contributed by atoms with E-state index < -0.39 is 40.6 Å². The maximum atomic E-state index is 12.6. The Morgan fingerprint density at radius 1 is 0.485 bits per heavy atom. The molecule has 0 radical (unpaired) electrons. The highest BCUT2D eigenvalue weighted by molar-refractivity contribution is 8.28. The zero-order chi connectivity index (χ0) is 25.8. The second kappa shape index (κ2) is 14.6. The van der Waals surface area contributed by atoms with E-state index in [1.807, 2.05) is 0 Å². The van der Waals surface area contributed by atoms with E-state index in [9.17, 15) is 25.3 Å². The number of hydrogen-bond acceptors (Lipinski definition) is 6. The minimum absolute atomic E-state index is 0.346. The molecule has 0 spiro atoms. The topological polar surface area (TPSA) is 102 Å². The molecule has 0 saturated carbocycles. The van der Waals surface area contributed by atoms with Gasteiger partial charge in [0.1, 0.15) is 8.07 Å². The van der Waals surface area contributed by atoms with Crippen LogP contribution in [0.25, 0.3) is 0 Å². The predicted octanol–water partition coefficient (Wildman–Crippen LogP) is 5.89. The third kappa shape index (κ3) is 9.92. The average Bonchev–Trinajstić information content (AvgIpc) is 2.61. The van der Waals surface area contributed by atoms with Gasteiger partial charge in [0.25, 0.3) is 3.03 Å². The fourth-order valence-electron chi connectivity index (χ4n) is 5.42. The fourth-order valence-corrected chi connectivity index (χ4v) is 26.4. The van der Waals surface area contributed by atoms with Gasteiger partial charge in [0, 0.05) is 18.8 Å². The second-order valence-corrected chi connectivity index (χ2v) is 23.8. The molecule has 0 heterocycles. The van der Waals surface area contributed by atoms with Gasteiger partial charge in [-0.25, -0.2) is 25.3 Å². The summed E-state index contributed by atoms with van der Waals surface area (Å²) in [7, 11) is -16.4. The van der Waals surface area contributed by atoms with Crippen LogP contribution in [0.1, 0.15) is 103 Å². The molecule has 0 aliphatic heterocycles. The van der Waals surface area contributed by atoms with E-state index in [0.717, 1.165) is 38.0 Å². The Kier molecular flexibility index (Phi) is 14.6. The van der Waals surface area contributed by atoms with Crippen LogP contribution in [0.2, 0.25) is 19.1 Å². The lowest BCUT2D eigenvalue weighted by Crippen LogP contribution is -2.67. The van der Waals surface area contributed by atoms with Gasteiger partial charge in [-0.1, -0.05) is 122 Å². The van der Waals surface area contributed by atoms with Crippen molar-refractivity contribution >= 4 is 37.6 Å². The molecule has 33 heavy (non-hydrogen) atoms. The minimum Gasteiger partial charge on any atom is -0.227 e. The van der Waals surface area contributed by atoms with Crippen LogP contribution in [0.3, 0.4) is 0 Å². The monoisotopic (exact) mass is 546 g/mol. The summed E-state index contributed by atoms with van der Waals surface area (Å²) < 4.78 is 73.1. The molecule has 200 valence electrons. The molecule has 0 saturated heterocycles. The lowest BCUT2D eigenvalue weighted by atomic mass is 10.0. The summed E-state index contributed by atoms with van der Waals surface area (Å²) in [5.74, 6) is 0. The summed E-state index contributed by atoms with van der Waals surface area (Å²) in [5, 5.41) is 0. The molecule has 0 aliphatic rings. The lowest BCUT2D eigenvalue weighted by Gasteiger charge is -2.40. The Balaban J connectivity index is 4.43. The first-order chi connectivity index (χ1) is 15.1. The van der Waals surface area contributed by atoms with Crippen LogP contribution < -0.4 is 0 Å². The molecule has 0 amide bonds. The molecule has 0 fully saturated rings. The van der Waals surface area contributed by atoms with Crippen molar-refractivity contribution in [2.75, 3.05) is 18.8 Å². The number of rotatable bonds is 20. The Morgan fingerprint density at radius 3 is 0.970 bits per heavy atom. The summed E-state index contributed by atoms with van der Waals surface area (Å²) >= 11 is 0. The molecule has 0 N–H and O–H groups in total. The van der Waals surface area contributed by atoms with E-state index in [0.29, 0.717) is 12.5 Å². The van der Waals surface area contributed by atoms with Crippen LogP contribution in [0.4, 0.5) is 0 Å². The zero-order valence-corrected chi connectivity index (χ0v) is 25.4. The van der Waals surface area contributed by atoms with Gasteiger partial charge in [-0.3, -0.25) is 0 Å². The van der Waals surface area contributed by atoms with Gasteiger partial charge in [0.05, 0.1) is 0 Å².